The number of hydrogen-bond donors (Lipinski definition) is 0. The van der Waals surface area contributed by atoms with Crippen molar-refractivity contribution in [2.24, 2.45) is 5.92 Å². The van der Waals surface area contributed by atoms with Crippen molar-refractivity contribution < 1.29 is 39.5 Å². The van der Waals surface area contributed by atoms with Gasteiger partial charge in [-0.15, -0.1) is 0 Å². The topological polar surface area (TPSA) is 0 Å². The first-order valence-electron chi connectivity index (χ1n) is 10.4. The van der Waals surface area contributed by atoms with E-state index in [2.05, 4.69) is 0 Å². The maximum Gasteiger partial charge on any atom is 0.416 e. The molecule has 0 aromatic heterocycles. The summed E-state index contributed by atoms with van der Waals surface area (Å²) in [6.45, 7) is 0. The van der Waals surface area contributed by atoms with Crippen molar-refractivity contribution >= 4 is 6.08 Å². The molecule has 0 saturated heterocycles. The third-order valence-corrected chi connectivity index (χ3v) is 6.70. The Morgan fingerprint density at radius 1 is 0.667 bits per heavy atom. The van der Waals surface area contributed by atoms with E-state index in [4.69, 9.17) is 0 Å². The van der Waals surface area contributed by atoms with Crippen LogP contribution in [0.4, 0.5) is 39.5 Å². The third kappa shape index (κ3) is 3.73. The Balaban J connectivity index is 1.78. The Morgan fingerprint density at radius 3 is 1.73 bits per heavy atom. The minimum atomic E-state index is -6.63. The summed E-state index contributed by atoms with van der Waals surface area (Å²) in [6, 6.07) is 7.62. The van der Waals surface area contributed by atoms with Gasteiger partial charge in [-0.1, -0.05) is 67.0 Å². The van der Waals surface area contributed by atoms with E-state index in [1.807, 2.05) is 12.1 Å². The molecule has 2 aliphatic rings. The number of allylic oxidation sites excluding steroid dienone is 1. The van der Waals surface area contributed by atoms with Gasteiger partial charge in [0.05, 0.1) is 0 Å². The molecule has 1 fully saturated rings. The van der Waals surface area contributed by atoms with Gasteiger partial charge in [-0.2, -0.15) is 39.5 Å². The van der Waals surface area contributed by atoms with Crippen molar-refractivity contribution in [3.63, 3.8) is 0 Å². The molecule has 178 valence electrons. The van der Waals surface area contributed by atoms with Crippen LogP contribution in [0.2, 0.25) is 0 Å². The van der Waals surface area contributed by atoms with Crippen LogP contribution < -0.4 is 0 Å². The van der Waals surface area contributed by atoms with E-state index in [-0.39, 0.29) is 17.7 Å². The Morgan fingerprint density at radius 2 is 1.21 bits per heavy atom. The average Bonchev–Trinajstić information content (AvgIpc) is 3.34. The fourth-order valence-corrected chi connectivity index (χ4v) is 5.08. The van der Waals surface area contributed by atoms with E-state index in [1.165, 1.54) is 5.57 Å². The molecule has 0 spiro atoms. The van der Waals surface area contributed by atoms with E-state index in [9.17, 15) is 39.5 Å². The fraction of sp³-hybridized carbons (Fsp3) is 0.417. The monoisotopic (exact) mass is 478 g/mol. The zero-order valence-corrected chi connectivity index (χ0v) is 17.1. The Kier molecular flexibility index (Phi) is 5.61. The molecule has 0 nitrogen and oxygen atoms in total. The molecule has 0 aliphatic heterocycles. The van der Waals surface area contributed by atoms with Crippen LogP contribution in [-0.4, -0.2) is 18.5 Å². The highest BCUT2D eigenvalue weighted by atomic mass is 19.4. The molecular weight excluding hydrogens is 459 g/mol. The van der Waals surface area contributed by atoms with Crippen molar-refractivity contribution in [2.75, 3.05) is 0 Å². The second-order valence-corrected chi connectivity index (χ2v) is 8.58. The number of halogens is 9. The molecule has 0 heterocycles. The van der Waals surface area contributed by atoms with E-state index in [1.54, 1.807) is 12.1 Å². The molecule has 0 radical (unpaired) electrons. The molecule has 0 bridgehead atoms. The predicted octanol–water partition coefficient (Wildman–Crippen LogP) is 8.41. The Bertz CT molecular complexity index is 1010. The maximum atomic E-state index is 13.4. The van der Waals surface area contributed by atoms with Crippen LogP contribution in [0.15, 0.2) is 48.0 Å². The van der Waals surface area contributed by atoms with E-state index < -0.39 is 29.5 Å². The van der Waals surface area contributed by atoms with Crippen molar-refractivity contribution in [1.29, 1.82) is 0 Å². The van der Waals surface area contributed by atoms with Gasteiger partial charge in [0, 0.05) is 0 Å². The Labute approximate surface area is 184 Å². The zero-order chi connectivity index (χ0) is 24.2. The molecule has 4 rings (SSSR count). The molecule has 0 atom stereocenters. The lowest BCUT2D eigenvalue weighted by Crippen LogP contribution is -2.63. The van der Waals surface area contributed by atoms with E-state index in [0.29, 0.717) is 17.9 Å². The minimum Gasteiger partial charge on any atom is -0.169 e. The van der Waals surface area contributed by atoms with Gasteiger partial charge in [-0.25, -0.2) is 0 Å². The second kappa shape index (κ2) is 7.81. The van der Waals surface area contributed by atoms with Crippen LogP contribution in [0, 0.1) is 5.92 Å². The van der Waals surface area contributed by atoms with Gasteiger partial charge in [0.2, 0.25) is 0 Å². The highest BCUT2D eigenvalue weighted by molar-refractivity contribution is 5.81. The summed E-state index contributed by atoms with van der Waals surface area (Å²) in [5.41, 5.74) is -4.05. The van der Waals surface area contributed by atoms with Crippen molar-refractivity contribution in [3.8, 4) is 11.1 Å². The standard InChI is InChI=1S/C24H19F9/c25-22(26,27)21(23(28,29)30,24(31,32)33)18-10-8-15(9-11-18)19-7-3-6-16-12-17(13-20(16)19)14-4-1-2-5-14/h3,6-11,13-14H,1-2,4-5,12H2. The van der Waals surface area contributed by atoms with Crippen molar-refractivity contribution in [2.45, 2.75) is 56.0 Å². The van der Waals surface area contributed by atoms with Gasteiger partial charge in [0.25, 0.3) is 5.41 Å². The lowest BCUT2D eigenvalue weighted by molar-refractivity contribution is -0.387. The lowest BCUT2D eigenvalue weighted by Gasteiger charge is -2.38. The number of benzene rings is 2. The van der Waals surface area contributed by atoms with Crippen molar-refractivity contribution in [1.82, 2.24) is 0 Å². The van der Waals surface area contributed by atoms with E-state index in [0.717, 1.165) is 48.9 Å². The van der Waals surface area contributed by atoms with Crippen LogP contribution >= 0.6 is 0 Å². The third-order valence-electron chi connectivity index (χ3n) is 6.70. The SMILES string of the molecule is FC(F)(F)C(c1ccc(-c2cccc3c2C=C(C2CCCC2)C3)cc1)(C(F)(F)F)C(F)(F)F. The quantitative estimate of drug-likeness (QED) is 0.389. The summed E-state index contributed by atoms with van der Waals surface area (Å²) < 4.78 is 121. The first kappa shape index (κ1) is 23.7. The van der Waals surface area contributed by atoms with Crippen LogP contribution in [0.25, 0.3) is 17.2 Å². The van der Waals surface area contributed by atoms with Gasteiger partial charge in [0.15, 0.2) is 0 Å². The first-order valence-corrected chi connectivity index (χ1v) is 10.4. The minimum absolute atomic E-state index is 0.250. The molecule has 1 saturated carbocycles. The summed E-state index contributed by atoms with van der Waals surface area (Å²) in [4.78, 5) is 0. The molecule has 2 aromatic carbocycles. The van der Waals surface area contributed by atoms with Crippen LogP contribution in [0.1, 0.15) is 42.4 Å². The summed E-state index contributed by atoms with van der Waals surface area (Å²) in [5.74, 6) is 0.443. The number of hydrogen-bond acceptors (Lipinski definition) is 0. The second-order valence-electron chi connectivity index (χ2n) is 8.58. The molecule has 0 N–H and O–H groups in total. The molecule has 0 amide bonds. The number of rotatable bonds is 3. The normalized spacial score (nSPS) is 17.9. The highest BCUT2D eigenvalue weighted by Crippen LogP contribution is 2.60. The predicted molar refractivity (Wildman–Crippen MR) is 105 cm³/mol. The summed E-state index contributed by atoms with van der Waals surface area (Å²) >= 11 is 0. The first-order chi connectivity index (χ1) is 15.3. The van der Waals surface area contributed by atoms with Gasteiger partial charge in [-0.05, 0) is 53.0 Å². The number of alkyl halides is 9. The molecule has 2 aromatic rings. The smallest absolute Gasteiger partial charge is 0.169 e. The van der Waals surface area contributed by atoms with Gasteiger partial charge in [0.1, 0.15) is 0 Å². The van der Waals surface area contributed by atoms with Crippen molar-refractivity contribution in [3.05, 3.63) is 64.7 Å². The molecule has 0 unspecified atom stereocenters. The molecule has 33 heavy (non-hydrogen) atoms. The number of fused-ring (bicyclic) bond motifs is 1. The lowest BCUT2D eigenvalue weighted by atomic mass is 9.77. The molecule has 9 heteroatoms. The summed E-state index contributed by atoms with van der Waals surface area (Å²) in [5, 5.41) is 0. The highest BCUT2D eigenvalue weighted by Gasteiger charge is 2.84. The summed E-state index contributed by atoms with van der Waals surface area (Å²) in [6.07, 6.45) is -12.8. The summed E-state index contributed by atoms with van der Waals surface area (Å²) in [7, 11) is 0. The van der Waals surface area contributed by atoms with Gasteiger partial charge in [-0.3, -0.25) is 0 Å². The van der Waals surface area contributed by atoms with Gasteiger partial charge >= 0.3 is 18.5 Å². The molecule has 2 aliphatic carbocycles. The maximum absolute atomic E-state index is 13.4. The largest absolute Gasteiger partial charge is 0.416 e. The van der Waals surface area contributed by atoms with Crippen LogP contribution in [0.3, 0.4) is 0 Å². The van der Waals surface area contributed by atoms with E-state index >= 15 is 0 Å². The Hall–Kier alpha value is -2.45. The van der Waals surface area contributed by atoms with Crippen LogP contribution in [0.5, 0.6) is 0 Å². The fourth-order valence-electron chi connectivity index (χ4n) is 5.08. The van der Waals surface area contributed by atoms with Gasteiger partial charge < -0.3 is 0 Å². The average molecular weight is 478 g/mol. The molecular formula is C24H19F9. The zero-order valence-electron chi connectivity index (χ0n) is 17.1. The van der Waals surface area contributed by atoms with Crippen LogP contribution in [-0.2, 0) is 11.8 Å².